The number of ether oxygens (including phenoxy) is 1. The molecule has 2 N–H and O–H groups in total. The lowest BCUT2D eigenvalue weighted by molar-refractivity contribution is 0.168. The third kappa shape index (κ3) is 6.27. The number of rotatable bonds is 9. The summed E-state index contributed by atoms with van der Waals surface area (Å²) in [5.74, 6) is 1.06. The van der Waals surface area contributed by atoms with Gasteiger partial charge in [0.05, 0.1) is 11.5 Å². The number of aryl methyl sites for hydroxylation is 1. The lowest BCUT2D eigenvalue weighted by atomic mass is 9.98. The molecule has 0 amide bonds. The first-order valence-corrected chi connectivity index (χ1v) is 11.6. The molecule has 6 nitrogen and oxygen atoms in total. The largest absolute Gasteiger partial charge is 0.491 e. The summed E-state index contributed by atoms with van der Waals surface area (Å²) in [5, 5.41) is 8.82. The van der Waals surface area contributed by atoms with Crippen molar-refractivity contribution < 1.29 is 18.3 Å². The maximum absolute atomic E-state index is 12.6. The van der Waals surface area contributed by atoms with Crippen LogP contribution in [0, 0.1) is 12.8 Å². The van der Waals surface area contributed by atoms with Gasteiger partial charge in [0.15, 0.2) is 0 Å². The van der Waals surface area contributed by atoms with Crippen molar-refractivity contribution in [2.24, 2.45) is 5.92 Å². The van der Waals surface area contributed by atoms with Gasteiger partial charge in [0, 0.05) is 19.6 Å². The van der Waals surface area contributed by atoms with Crippen LogP contribution in [-0.4, -0.2) is 51.3 Å². The Kier molecular flexibility index (Phi) is 7.66. The molecule has 1 aliphatic heterocycles. The van der Waals surface area contributed by atoms with E-state index < -0.39 is 10.0 Å². The second kappa shape index (κ2) is 10.2. The highest BCUT2D eigenvalue weighted by Crippen LogP contribution is 2.21. The zero-order valence-electron chi connectivity index (χ0n) is 16.9. The molecule has 0 aliphatic carbocycles. The van der Waals surface area contributed by atoms with E-state index in [-0.39, 0.29) is 6.61 Å². The van der Waals surface area contributed by atoms with Gasteiger partial charge in [-0.3, -0.25) is 4.90 Å². The van der Waals surface area contributed by atoms with Gasteiger partial charge in [-0.05, 0) is 61.6 Å². The van der Waals surface area contributed by atoms with Gasteiger partial charge in [-0.1, -0.05) is 30.3 Å². The third-order valence-electron chi connectivity index (χ3n) is 5.24. The second-order valence-electron chi connectivity index (χ2n) is 7.58. The molecule has 0 aromatic heterocycles. The van der Waals surface area contributed by atoms with Gasteiger partial charge >= 0.3 is 0 Å². The zero-order valence-corrected chi connectivity index (χ0v) is 17.7. The molecule has 1 atom stereocenters. The van der Waals surface area contributed by atoms with Crippen molar-refractivity contribution in [3.8, 4) is 5.75 Å². The van der Waals surface area contributed by atoms with E-state index in [1.54, 1.807) is 12.1 Å². The summed E-state index contributed by atoms with van der Waals surface area (Å²) in [4.78, 5) is 2.73. The normalized spacial score (nSPS) is 17.9. The number of likely N-dealkylation sites (tertiary alicyclic amines) is 1. The van der Waals surface area contributed by atoms with Crippen LogP contribution in [-0.2, 0) is 16.6 Å². The van der Waals surface area contributed by atoms with Crippen LogP contribution < -0.4 is 9.46 Å². The van der Waals surface area contributed by atoms with Crippen LogP contribution in [0.2, 0.25) is 0 Å². The quantitative estimate of drug-likeness (QED) is 0.654. The monoisotopic (exact) mass is 418 g/mol. The van der Waals surface area contributed by atoms with E-state index in [1.165, 1.54) is 5.56 Å². The number of piperidine rings is 1. The van der Waals surface area contributed by atoms with Crippen molar-refractivity contribution in [3.63, 3.8) is 0 Å². The van der Waals surface area contributed by atoms with E-state index in [4.69, 9.17) is 9.84 Å². The van der Waals surface area contributed by atoms with E-state index in [1.807, 2.05) is 43.3 Å². The Morgan fingerprint density at radius 1 is 1.17 bits per heavy atom. The molecule has 3 rings (SSSR count). The molecular weight excluding hydrogens is 388 g/mol. The fourth-order valence-electron chi connectivity index (χ4n) is 3.74. The average Bonchev–Trinajstić information content (AvgIpc) is 2.72. The molecule has 0 bridgehead atoms. The van der Waals surface area contributed by atoms with Gasteiger partial charge in [-0.2, -0.15) is 0 Å². The molecule has 0 saturated carbocycles. The number of hydrogen-bond acceptors (Lipinski definition) is 5. The molecule has 2 aromatic carbocycles. The molecule has 158 valence electrons. The van der Waals surface area contributed by atoms with Crippen molar-refractivity contribution in [2.75, 3.05) is 32.8 Å². The van der Waals surface area contributed by atoms with Crippen LogP contribution in [0.15, 0.2) is 53.4 Å². The van der Waals surface area contributed by atoms with Crippen LogP contribution in [0.3, 0.4) is 0 Å². The van der Waals surface area contributed by atoms with Crippen LogP contribution in [0.5, 0.6) is 5.75 Å². The van der Waals surface area contributed by atoms with Crippen LogP contribution in [0.25, 0.3) is 0 Å². The lowest BCUT2D eigenvalue weighted by Gasteiger charge is -2.32. The highest BCUT2D eigenvalue weighted by atomic mass is 32.2. The highest BCUT2D eigenvalue weighted by Gasteiger charge is 2.23. The van der Waals surface area contributed by atoms with Crippen molar-refractivity contribution in [3.05, 3.63) is 59.7 Å². The van der Waals surface area contributed by atoms with Gasteiger partial charge < -0.3 is 9.84 Å². The maximum Gasteiger partial charge on any atom is 0.240 e. The summed E-state index contributed by atoms with van der Waals surface area (Å²) in [7, 11) is -3.48. The number of aliphatic hydroxyl groups excluding tert-OH is 1. The van der Waals surface area contributed by atoms with E-state index in [2.05, 4.69) is 9.62 Å². The Morgan fingerprint density at radius 2 is 1.93 bits per heavy atom. The smallest absolute Gasteiger partial charge is 0.240 e. The summed E-state index contributed by atoms with van der Waals surface area (Å²) >= 11 is 0. The zero-order chi connectivity index (χ0) is 20.7. The molecule has 1 saturated heterocycles. The first-order chi connectivity index (χ1) is 14.0. The van der Waals surface area contributed by atoms with Gasteiger partial charge in [0.25, 0.3) is 0 Å². The Bertz CT molecular complexity index is 884. The SMILES string of the molecule is Cc1ccccc1S(=O)(=O)NC[C@@H]1CCCN(Cc2ccc(OCCO)cc2)C1. The first-order valence-electron chi connectivity index (χ1n) is 10.1. The predicted molar refractivity (Wildman–Crippen MR) is 113 cm³/mol. The molecule has 1 aliphatic rings. The lowest BCUT2D eigenvalue weighted by Crippen LogP contribution is -2.40. The third-order valence-corrected chi connectivity index (χ3v) is 6.82. The average molecular weight is 419 g/mol. The molecule has 1 fully saturated rings. The number of hydrogen-bond donors (Lipinski definition) is 2. The number of nitrogens with zero attached hydrogens (tertiary/aromatic N) is 1. The maximum atomic E-state index is 12.6. The van der Waals surface area contributed by atoms with Crippen LogP contribution in [0.1, 0.15) is 24.0 Å². The molecular formula is C22H30N2O4S. The van der Waals surface area contributed by atoms with E-state index in [0.717, 1.165) is 43.8 Å². The van der Waals surface area contributed by atoms with E-state index in [0.29, 0.717) is 24.0 Å². The van der Waals surface area contributed by atoms with Gasteiger partial charge in [-0.15, -0.1) is 0 Å². The van der Waals surface area contributed by atoms with Crippen LogP contribution >= 0.6 is 0 Å². The molecule has 7 heteroatoms. The fraction of sp³-hybridized carbons (Fsp3) is 0.455. The summed E-state index contributed by atoms with van der Waals surface area (Å²) in [5.41, 5.74) is 1.96. The van der Waals surface area contributed by atoms with Crippen molar-refractivity contribution in [1.82, 2.24) is 9.62 Å². The van der Waals surface area contributed by atoms with Gasteiger partial charge in [-0.25, -0.2) is 13.1 Å². The summed E-state index contributed by atoms with van der Waals surface area (Å²) in [6.45, 7) is 5.30. The summed E-state index contributed by atoms with van der Waals surface area (Å²) in [6.07, 6.45) is 2.09. The fourth-order valence-corrected chi connectivity index (χ4v) is 5.10. The molecule has 0 spiro atoms. The summed E-state index contributed by atoms with van der Waals surface area (Å²) < 4.78 is 33.4. The second-order valence-corrected chi connectivity index (χ2v) is 9.31. The Balaban J connectivity index is 1.52. The minimum Gasteiger partial charge on any atom is -0.491 e. The number of nitrogens with one attached hydrogen (secondary N) is 1. The van der Waals surface area contributed by atoms with Gasteiger partial charge in [0.1, 0.15) is 12.4 Å². The van der Waals surface area contributed by atoms with Crippen molar-refractivity contribution >= 4 is 10.0 Å². The Hall–Kier alpha value is -1.93. The first kappa shape index (κ1) is 21.8. The Morgan fingerprint density at radius 3 is 2.66 bits per heavy atom. The Labute approximate surface area is 173 Å². The van der Waals surface area contributed by atoms with Crippen LogP contribution in [0.4, 0.5) is 0 Å². The molecule has 1 heterocycles. The summed E-state index contributed by atoms with van der Waals surface area (Å²) in [6, 6.07) is 15.0. The number of benzene rings is 2. The van der Waals surface area contributed by atoms with E-state index >= 15 is 0 Å². The molecule has 0 radical (unpaired) electrons. The molecule has 2 aromatic rings. The number of sulfonamides is 1. The molecule has 0 unspecified atom stereocenters. The van der Waals surface area contributed by atoms with Crippen molar-refractivity contribution in [2.45, 2.75) is 31.2 Å². The van der Waals surface area contributed by atoms with Crippen molar-refractivity contribution in [1.29, 1.82) is 0 Å². The highest BCUT2D eigenvalue weighted by molar-refractivity contribution is 7.89. The predicted octanol–water partition coefficient (Wildman–Crippen LogP) is 2.56. The van der Waals surface area contributed by atoms with E-state index in [9.17, 15) is 8.42 Å². The topological polar surface area (TPSA) is 78.9 Å². The minimum atomic E-state index is -3.48. The minimum absolute atomic E-state index is 0.00448. The molecule has 29 heavy (non-hydrogen) atoms. The standard InChI is InChI=1S/C22H30N2O4S/c1-18-5-2-3-7-22(18)29(26,27)23-15-20-6-4-12-24(17-20)16-19-8-10-21(11-9-19)28-14-13-25/h2-3,5,7-11,20,23,25H,4,6,12-17H2,1H3/t20-/m0/s1. The number of aliphatic hydroxyl groups is 1. The van der Waals surface area contributed by atoms with Gasteiger partial charge in [0.2, 0.25) is 10.0 Å².